The number of aliphatic hydroxyl groups is 1. The van der Waals surface area contributed by atoms with E-state index >= 15 is 0 Å². The molecule has 1 saturated carbocycles. The molecule has 1 aliphatic carbocycles. The Morgan fingerprint density at radius 3 is 2.36 bits per heavy atom. The molecule has 16 heteroatoms. The minimum Gasteiger partial charge on any atom is -0.489 e. The number of aryl methyl sites for hydroxylation is 1. The topological polar surface area (TPSA) is 195 Å². The monoisotopic (exact) mass is 953 g/mol. The van der Waals surface area contributed by atoms with Crippen LogP contribution >= 0.6 is 22.9 Å². The predicted molar refractivity (Wildman–Crippen MR) is 261 cm³/mol. The first kappa shape index (κ1) is 50.9. The Kier molecular flexibility index (Phi) is 16.4. The number of rotatable bonds is 19. The maximum atomic E-state index is 14.0. The van der Waals surface area contributed by atoms with Crippen molar-refractivity contribution in [2.75, 3.05) is 31.6 Å². The van der Waals surface area contributed by atoms with Crippen molar-refractivity contribution in [3.8, 4) is 22.3 Å². The van der Waals surface area contributed by atoms with Gasteiger partial charge in [-0.05, 0) is 72.2 Å². The second kappa shape index (κ2) is 21.6. The fourth-order valence-electron chi connectivity index (χ4n) is 9.44. The van der Waals surface area contributed by atoms with Gasteiger partial charge in [0.25, 0.3) is 5.91 Å². The molecule has 358 valence electrons. The molecule has 0 spiro atoms. The Morgan fingerprint density at radius 1 is 1.01 bits per heavy atom. The van der Waals surface area contributed by atoms with Crippen molar-refractivity contribution in [1.82, 2.24) is 25.8 Å². The van der Waals surface area contributed by atoms with Gasteiger partial charge in [-0.15, -0.1) is 11.3 Å². The summed E-state index contributed by atoms with van der Waals surface area (Å²) in [7, 11) is 0. The number of nitrogens with one attached hydrogen (secondary N) is 4. The van der Waals surface area contributed by atoms with Gasteiger partial charge in [0.15, 0.2) is 0 Å². The van der Waals surface area contributed by atoms with Crippen molar-refractivity contribution >= 4 is 52.3 Å². The number of benzene rings is 3. The smallest absolute Gasteiger partial charge is 0.251 e. The number of nitrogens with zero attached hydrogens (tertiary/aromatic N) is 3. The fourth-order valence-corrected chi connectivity index (χ4v) is 10.5. The summed E-state index contributed by atoms with van der Waals surface area (Å²) in [5.41, 5.74) is 5.18. The van der Waals surface area contributed by atoms with E-state index < -0.39 is 35.4 Å². The van der Waals surface area contributed by atoms with E-state index in [4.69, 9.17) is 21.1 Å². The molecule has 6 rings (SSSR count). The Morgan fingerprint density at radius 2 is 1.72 bits per heavy atom. The number of nitriles is 1. The van der Waals surface area contributed by atoms with Crippen LogP contribution < -0.4 is 26.0 Å². The second-order valence-electron chi connectivity index (χ2n) is 19.7. The number of carbonyl (C=O) groups is 4. The molecular weight excluding hydrogens is 890 g/mol. The molecule has 4 amide bonds. The molecule has 67 heavy (non-hydrogen) atoms. The molecule has 2 aliphatic rings. The zero-order chi connectivity index (χ0) is 48.7. The summed E-state index contributed by atoms with van der Waals surface area (Å²) in [6.07, 6.45) is 1.30. The lowest BCUT2D eigenvalue weighted by molar-refractivity contribution is -0.164. The second-order valence-corrected chi connectivity index (χ2v) is 21.0. The van der Waals surface area contributed by atoms with Crippen LogP contribution in [0.15, 0.2) is 72.2 Å². The zero-order valence-corrected chi connectivity index (χ0v) is 41.3. The number of hydrogen-bond acceptors (Lipinski definition) is 11. The number of thiazole rings is 1. The lowest BCUT2D eigenvalue weighted by atomic mass is 9.49. The molecular formula is C51H64ClN7O7S. The van der Waals surface area contributed by atoms with Crippen LogP contribution in [0.25, 0.3) is 10.4 Å². The largest absolute Gasteiger partial charge is 0.489 e. The molecule has 14 nitrogen and oxygen atoms in total. The van der Waals surface area contributed by atoms with Crippen molar-refractivity contribution in [2.45, 2.75) is 118 Å². The van der Waals surface area contributed by atoms with Gasteiger partial charge in [-0.1, -0.05) is 91.3 Å². The van der Waals surface area contributed by atoms with Crippen LogP contribution in [0, 0.1) is 27.6 Å². The summed E-state index contributed by atoms with van der Waals surface area (Å²) in [6.45, 7) is 16.8. The van der Waals surface area contributed by atoms with Crippen LogP contribution in [-0.4, -0.2) is 95.3 Å². The van der Waals surface area contributed by atoms with Gasteiger partial charge in [0.05, 0.1) is 32.8 Å². The van der Waals surface area contributed by atoms with Gasteiger partial charge in [0.1, 0.15) is 36.6 Å². The first-order chi connectivity index (χ1) is 31.7. The molecule has 2 heterocycles. The third-order valence-corrected chi connectivity index (χ3v) is 14.0. The molecule has 0 bridgehead atoms. The minimum absolute atomic E-state index is 0.0127. The van der Waals surface area contributed by atoms with Crippen LogP contribution in [0.5, 0.6) is 5.75 Å². The quantitative estimate of drug-likeness (QED) is 0.0587. The van der Waals surface area contributed by atoms with Crippen molar-refractivity contribution < 1.29 is 33.8 Å². The van der Waals surface area contributed by atoms with Crippen LogP contribution in [0.1, 0.15) is 102 Å². The standard InChI is InChI=1S/C51H64ClN7O7S/c1-9-39-42(67-30-56-39)32-14-12-31(13-15-32)27-55-45(63)40-24-36(60)28-59(40)46(64)43(49(2,3)4)57-41(61)29-65-23-11-10-22-54-35-19-16-33(17-20-35)44(62)58-47-50(5,6)48(51(47,7)8)66-37-21-18-34(26-53)38(52)25-37/h12-21,25,30,36,40,43,47-48,54,60H,9-11,22-24,27-29H2,1-8H3,(H,55,63)(H,57,61)(H,58,62)/t36-,40+,43-,47-,48-/m1/s1. The molecule has 3 atom stereocenters. The van der Waals surface area contributed by atoms with Gasteiger partial charge in [0, 0.05) is 66.9 Å². The third-order valence-electron chi connectivity index (χ3n) is 12.8. The van der Waals surface area contributed by atoms with Crippen molar-refractivity contribution in [3.63, 3.8) is 0 Å². The number of amides is 4. The summed E-state index contributed by atoms with van der Waals surface area (Å²) >= 11 is 7.83. The molecule has 3 aromatic carbocycles. The average molecular weight is 955 g/mol. The summed E-state index contributed by atoms with van der Waals surface area (Å²) in [5.74, 6) is -0.850. The molecule has 1 aliphatic heterocycles. The summed E-state index contributed by atoms with van der Waals surface area (Å²) < 4.78 is 12.0. The van der Waals surface area contributed by atoms with Gasteiger partial charge < -0.3 is 40.7 Å². The SMILES string of the molecule is CCc1ncsc1-c1ccc(CNC(=O)[C@@H]2C[C@@H](O)CN2C(=O)[C@@H](NC(=O)COCCCCNc2ccc(C(=O)N[C@H]3C(C)(C)[C@H](Oc4ccc(C#N)c(Cl)c4)C3(C)C)cc2)C(C)(C)C)cc1. The molecule has 1 saturated heterocycles. The van der Waals surface area contributed by atoms with E-state index in [2.05, 4.69) is 66.9 Å². The molecule has 1 aromatic heterocycles. The van der Waals surface area contributed by atoms with Crippen LogP contribution in [-0.2, 0) is 32.1 Å². The highest BCUT2D eigenvalue weighted by Crippen LogP contribution is 2.55. The van der Waals surface area contributed by atoms with Crippen LogP contribution in [0.3, 0.4) is 0 Å². The number of carbonyl (C=O) groups excluding carboxylic acids is 4. The normalized spacial score (nSPS) is 19.9. The zero-order valence-electron chi connectivity index (χ0n) is 39.7. The lowest BCUT2D eigenvalue weighted by Gasteiger charge is -2.63. The van der Waals surface area contributed by atoms with Gasteiger partial charge >= 0.3 is 0 Å². The first-order valence-electron chi connectivity index (χ1n) is 22.9. The van der Waals surface area contributed by atoms with Gasteiger partial charge in [-0.3, -0.25) is 19.2 Å². The number of aliphatic hydroxyl groups excluding tert-OH is 1. The van der Waals surface area contributed by atoms with Gasteiger partial charge in [0.2, 0.25) is 17.7 Å². The molecule has 0 unspecified atom stereocenters. The lowest BCUT2D eigenvalue weighted by Crippen LogP contribution is -2.74. The Bertz CT molecular complexity index is 2410. The van der Waals surface area contributed by atoms with Gasteiger partial charge in [-0.2, -0.15) is 5.26 Å². The highest BCUT2D eigenvalue weighted by atomic mass is 35.5. The Labute approximate surface area is 403 Å². The highest BCUT2D eigenvalue weighted by Gasteiger charge is 2.64. The maximum Gasteiger partial charge on any atom is 0.251 e. The number of β-amino-alcohol motifs (C(OH)–C–C–N with tert-alkyl or cyclic N) is 1. The van der Waals surface area contributed by atoms with Crippen molar-refractivity contribution in [1.29, 1.82) is 5.26 Å². The van der Waals surface area contributed by atoms with Crippen molar-refractivity contribution in [2.24, 2.45) is 16.2 Å². The van der Waals surface area contributed by atoms with E-state index in [1.54, 1.807) is 41.7 Å². The van der Waals surface area contributed by atoms with E-state index in [1.165, 1.54) is 4.90 Å². The number of unbranched alkanes of at least 4 members (excludes halogenated alkanes) is 1. The average Bonchev–Trinajstić information content (AvgIpc) is 3.94. The number of aromatic nitrogens is 1. The van der Waals surface area contributed by atoms with Crippen molar-refractivity contribution in [3.05, 3.63) is 99.6 Å². The summed E-state index contributed by atoms with van der Waals surface area (Å²) in [5, 5.41) is 32.5. The Balaban J connectivity index is 0.897. The van der Waals surface area contributed by atoms with E-state index in [9.17, 15) is 29.5 Å². The molecule has 5 N–H and O–H groups in total. The van der Waals surface area contributed by atoms with Crippen LogP contribution in [0.2, 0.25) is 5.02 Å². The molecule has 2 fully saturated rings. The van der Waals surface area contributed by atoms with E-state index in [0.717, 1.165) is 40.2 Å². The highest BCUT2D eigenvalue weighted by molar-refractivity contribution is 7.13. The predicted octanol–water partition coefficient (Wildman–Crippen LogP) is 7.53. The Hall–Kier alpha value is -5.53. The number of likely N-dealkylation sites (tertiary alicyclic amines) is 1. The van der Waals surface area contributed by atoms with Gasteiger partial charge in [-0.25, -0.2) is 4.98 Å². The van der Waals surface area contributed by atoms with E-state index in [-0.39, 0.29) is 60.9 Å². The summed E-state index contributed by atoms with van der Waals surface area (Å²) in [4.78, 5) is 60.9. The maximum absolute atomic E-state index is 14.0. The third kappa shape index (κ3) is 12.1. The number of ether oxygens (including phenoxy) is 2. The molecule has 4 aromatic rings. The number of hydrogen-bond donors (Lipinski definition) is 5. The number of halogens is 1. The first-order valence-corrected chi connectivity index (χ1v) is 24.2. The summed E-state index contributed by atoms with van der Waals surface area (Å²) in [6, 6.07) is 20.3. The molecule has 0 radical (unpaired) electrons. The number of anilines is 1. The fraction of sp³-hybridized carbons (Fsp3) is 0.490. The minimum atomic E-state index is -0.955. The van der Waals surface area contributed by atoms with Crippen LogP contribution in [0.4, 0.5) is 5.69 Å². The van der Waals surface area contributed by atoms with E-state index in [1.807, 2.05) is 62.7 Å². The van der Waals surface area contributed by atoms with E-state index in [0.29, 0.717) is 41.5 Å².